The number of aliphatic imine (C=N–C) groups is 2. The predicted octanol–water partition coefficient (Wildman–Crippen LogP) is 4.53. The molecule has 0 bridgehead atoms. The summed E-state index contributed by atoms with van der Waals surface area (Å²) in [4.78, 5) is 11.5. The Kier molecular flexibility index (Phi) is 9.90. The van der Waals surface area contributed by atoms with E-state index in [9.17, 15) is 13.2 Å². The number of alkyl halides is 3. The molecule has 7 nitrogen and oxygen atoms in total. The summed E-state index contributed by atoms with van der Waals surface area (Å²) in [6.45, 7) is 5.10. The highest BCUT2D eigenvalue weighted by Gasteiger charge is 2.32. The van der Waals surface area contributed by atoms with Crippen molar-refractivity contribution in [1.82, 2.24) is 9.99 Å². The summed E-state index contributed by atoms with van der Waals surface area (Å²) >= 11 is 0. The number of hydrogen-bond donors (Lipinski definition) is 2. The van der Waals surface area contributed by atoms with Crippen molar-refractivity contribution in [3.63, 3.8) is 0 Å². The average Bonchev–Trinajstić information content (AvgIpc) is 2.76. The van der Waals surface area contributed by atoms with Gasteiger partial charge in [0.05, 0.1) is 28.9 Å². The molecule has 0 atom stereocenters. The summed E-state index contributed by atoms with van der Waals surface area (Å²) < 4.78 is 43.9. The van der Waals surface area contributed by atoms with Gasteiger partial charge in [-0.1, -0.05) is 6.42 Å². The molecule has 0 unspecified atom stereocenters. The predicted molar refractivity (Wildman–Crippen MR) is 126 cm³/mol. The third-order valence-electron chi connectivity index (χ3n) is 5.40. The average molecular weight is 467 g/mol. The molecule has 0 aromatic carbocycles. The minimum Gasteiger partial charge on any atom is -0.489 e. The zero-order chi connectivity index (χ0) is 24.4. The van der Waals surface area contributed by atoms with Crippen LogP contribution < -0.4 is 16.3 Å². The fourth-order valence-corrected chi connectivity index (χ4v) is 3.61. The minimum absolute atomic E-state index is 0.230. The molecule has 0 saturated heterocycles. The van der Waals surface area contributed by atoms with Crippen LogP contribution in [0, 0.1) is 6.92 Å². The summed E-state index contributed by atoms with van der Waals surface area (Å²) in [5.41, 5.74) is 7.71. The standard InChI is InChI=1S/C23H33F3N6O/c1-16-20(33-17-8-5-4-6-9-17)12-11-18(31-16)22(27)19(32(3)28)10-7-14-30-15-13-21(29-2)23(24,25)26/h11-13,15,17H,2,4-10,14,27-28H2,1,3H3/b21-13-,22-19-,30-15-. The molecule has 33 heavy (non-hydrogen) atoms. The van der Waals surface area contributed by atoms with E-state index in [2.05, 4.69) is 21.7 Å². The van der Waals surface area contributed by atoms with Crippen molar-refractivity contribution in [2.75, 3.05) is 13.6 Å². The first-order chi connectivity index (χ1) is 15.6. The van der Waals surface area contributed by atoms with Gasteiger partial charge >= 0.3 is 6.18 Å². The van der Waals surface area contributed by atoms with E-state index < -0.39 is 11.9 Å². The number of rotatable bonds is 10. The molecule has 1 aliphatic rings. The Hall–Kier alpha value is -2.88. The van der Waals surface area contributed by atoms with E-state index in [1.54, 1.807) is 7.05 Å². The van der Waals surface area contributed by atoms with E-state index in [1.807, 2.05) is 19.1 Å². The van der Waals surface area contributed by atoms with Crippen LogP contribution in [0.3, 0.4) is 0 Å². The van der Waals surface area contributed by atoms with Crippen molar-refractivity contribution in [3.8, 4) is 5.75 Å². The lowest BCUT2D eigenvalue weighted by Gasteiger charge is -2.24. The van der Waals surface area contributed by atoms with Crippen LogP contribution in [0.5, 0.6) is 5.75 Å². The molecule has 0 amide bonds. The van der Waals surface area contributed by atoms with Gasteiger partial charge in [-0.15, -0.1) is 0 Å². The first-order valence-corrected chi connectivity index (χ1v) is 11.0. The van der Waals surface area contributed by atoms with Crippen molar-refractivity contribution in [3.05, 3.63) is 41.0 Å². The molecule has 0 aliphatic heterocycles. The maximum Gasteiger partial charge on any atom is 0.433 e. The number of pyridine rings is 1. The highest BCUT2D eigenvalue weighted by molar-refractivity contribution is 5.72. The van der Waals surface area contributed by atoms with Gasteiger partial charge in [0.25, 0.3) is 0 Å². The number of nitrogens with two attached hydrogens (primary N) is 2. The summed E-state index contributed by atoms with van der Waals surface area (Å²) in [5, 5.41) is 1.42. The zero-order valence-electron chi connectivity index (χ0n) is 19.2. The number of aryl methyl sites for hydroxylation is 1. The van der Waals surface area contributed by atoms with Crippen molar-refractivity contribution in [2.24, 2.45) is 21.6 Å². The van der Waals surface area contributed by atoms with Crippen molar-refractivity contribution in [1.29, 1.82) is 0 Å². The molecule has 0 radical (unpaired) electrons. The van der Waals surface area contributed by atoms with Crippen molar-refractivity contribution >= 4 is 18.6 Å². The van der Waals surface area contributed by atoms with Gasteiger partial charge in [-0.05, 0) is 70.4 Å². The number of hydrazine groups is 1. The SMILES string of the molecule is C=N/C(=C\C=N/CCC/C(=C(/N)c1ccc(OC2CCCCC2)c(C)n1)N(C)N)C(F)(F)F. The fourth-order valence-electron chi connectivity index (χ4n) is 3.61. The molecule has 182 valence electrons. The van der Waals surface area contributed by atoms with Gasteiger partial charge in [0.1, 0.15) is 11.4 Å². The number of allylic oxidation sites excluding steroid dienone is 3. The molecular formula is C23H33F3N6O. The Morgan fingerprint density at radius 1 is 1.30 bits per heavy atom. The van der Waals surface area contributed by atoms with Crippen LogP contribution in [-0.4, -0.2) is 48.8 Å². The third kappa shape index (κ3) is 8.20. The van der Waals surface area contributed by atoms with Crippen LogP contribution in [0.1, 0.15) is 56.3 Å². The van der Waals surface area contributed by atoms with Gasteiger partial charge < -0.3 is 15.5 Å². The Morgan fingerprint density at radius 2 is 2.00 bits per heavy atom. The second-order valence-corrected chi connectivity index (χ2v) is 8.00. The van der Waals surface area contributed by atoms with Crippen LogP contribution in [0.15, 0.2) is 39.6 Å². The number of nitrogens with zero attached hydrogens (tertiary/aromatic N) is 4. The Labute approximate surface area is 193 Å². The zero-order valence-corrected chi connectivity index (χ0v) is 19.2. The maximum atomic E-state index is 12.6. The number of ether oxygens (including phenoxy) is 1. The third-order valence-corrected chi connectivity index (χ3v) is 5.40. The van der Waals surface area contributed by atoms with E-state index in [4.69, 9.17) is 16.3 Å². The Balaban J connectivity index is 2.02. The van der Waals surface area contributed by atoms with Gasteiger partial charge in [-0.2, -0.15) is 13.2 Å². The lowest BCUT2D eigenvalue weighted by Crippen LogP contribution is -2.28. The lowest BCUT2D eigenvalue weighted by molar-refractivity contribution is -0.0920. The van der Waals surface area contributed by atoms with Crippen molar-refractivity contribution in [2.45, 2.75) is 64.1 Å². The smallest absolute Gasteiger partial charge is 0.433 e. The summed E-state index contributed by atoms with van der Waals surface area (Å²) in [6, 6.07) is 3.70. The van der Waals surface area contributed by atoms with Crippen molar-refractivity contribution < 1.29 is 17.9 Å². The normalized spacial score (nSPS) is 16.6. The van der Waals surface area contributed by atoms with Crippen LogP contribution in [0.25, 0.3) is 5.70 Å². The van der Waals surface area contributed by atoms with Crippen LogP contribution >= 0.6 is 0 Å². The lowest BCUT2D eigenvalue weighted by atomic mass is 9.98. The van der Waals surface area contributed by atoms with E-state index >= 15 is 0 Å². The Morgan fingerprint density at radius 3 is 2.58 bits per heavy atom. The number of hydrogen-bond acceptors (Lipinski definition) is 7. The number of halogens is 3. The molecule has 1 aromatic rings. The molecule has 1 saturated carbocycles. The number of aromatic nitrogens is 1. The molecule has 4 N–H and O–H groups in total. The molecule has 1 heterocycles. The molecular weight excluding hydrogens is 433 g/mol. The Bertz CT molecular complexity index is 887. The molecule has 10 heteroatoms. The van der Waals surface area contributed by atoms with Gasteiger partial charge in [0, 0.05) is 19.8 Å². The first kappa shape index (κ1) is 26.4. The molecule has 1 aromatic heterocycles. The van der Waals surface area contributed by atoms with E-state index in [0.29, 0.717) is 36.5 Å². The monoisotopic (exact) mass is 466 g/mol. The second-order valence-electron chi connectivity index (χ2n) is 8.00. The first-order valence-electron chi connectivity index (χ1n) is 11.0. The van der Waals surface area contributed by atoms with Gasteiger partial charge in [0.2, 0.25) is 0 Å². The highest BCUT2D eigenvalue weighted by atomic mass is 19.4. The summed E-state index contributed by atoms with van der Waals surface area (Å²) in [5.74, 6) is 6.72. The van der Waals surface area contributed by atoms with E-state index in [-0.39, 0.29) is 6.10 Å². The molecule has 2 rings (SSSR count). The van der Waals surface area contributed by atoms with E-state index in [1.165, 1.54) is 24.3 Å². The topological polar surface area (TPSA) is 102 Å². The quantitative estimate of drug-likeness (QED) is 0.228. The van der Waals surface area contributed by atoms with Gasteiger partial charge in [-0.25, -0.2) is 10.8 Å². The largest absolute Gasteiger partial charge is 0.489 e. The van der Waals surface area contributed by atoms with Crippen LogP contribution in [-0.2, 0) is 0 Å². The summed E-state index contributed by atoms with van der Waals surface area (Å²) in [7, 11) is 1.67. The van der Waals surface area contributed by atoms with Crippen LogP contribution in [0.2, 0.25) is 0 Å². The highest BCUT2D eigenvalue weighted by Crippen LogP contribution is 2.27. The second kappa shape index (κ2) is 12.4. The molecule has 1 fully saturated rings. The van der Waals surface area contributed by atoms with Gasteiger partial charge in [-0.3, -0.25) is 9.98 Å². The maximum absolute atomic E-state index is 12.6. The van der Waals surface area contributed by atoms with E-state index in [0.717, 1.165) is 36.6 Å². The molecule has 1 aliphatic carbocycles. The summed E-state index contributed by atoms with van der Waals surface area (Å²) in [6.07, 6.45) is 4.31. The van der Waals surface area contributed by atoms with Crippen LogP contribution in [0.4, 0.5) is 13.2 Å². The van der Waals surface area contributed by atoms with Gasteiger partial charge in [0.15, 0.2) is 0 Å². The molecule has 0 spiro atoms. The minimum atomic E-state index is -4.55. The fraction of sp³-hybridized carbons (Fsp3) is 0.522.